The standard InChI is InChI=1S/C73H124O6/c1-4-7-10-13-16-19-22-24-26-28-30-32-34-36-38-40-42-44-46-48-51-54-57-60-63-66-72(75)78-69-70(68-77-71(74)65-62-59-56-53-50-21-18-15-12-9-6-3)79-73(76)67-64-61-58-55-52-49-47-45-43-41-39-37-35-33-31-29-27-25-23-20-17-14-11-8-5-2/h7,10,16,19,23-26,29-32,35-38,42,44,70H,4-6,8-9,11-15,17-18,20-22,27-28,33-34,39-41,43,45-69H2,1-3H3/b10-7-,19-16-,25-23-,26-24-,31-29-,32-30-,37-35-,38-36-,44-42-. The van der Waals surface area contributed by atoms with E-state index in [4.69, 9.17) is 14.2 Å². The molecule has 0 aliphatic rings. The number of esters is 3. The molecule has 0 amide bonds. The highest BCUT2D eigenvalue weighted by Crippen LogP contribution is 2.16. The maximum atomic E-state index is 12.9. The number of unbranched alkanes of at least 4 members (excludes halogenated alkanes) is 31. The van der Waals surface area contributed by atoms with Crippen molar-refractivity contribution in [3.8, 4) is 0 Å². The third-order valence-corrected chi connectivity index (χ3v) is 14.3. The van der Waals surface area contributed by atoms with Crippen LogP contribution in [-0.2, 0) is 28.6 Å². The zero-order valence-corrected chi connectivity index (χ0v) is 51.9. The molecule has 0 aliphatic carbocycles. The maximum Gasteiger partial charge on any atom is 0.306 e. The quantitative estimate of drug-likeness (QED) is 0.0261. The van der Waals surface area contributed by atoms with Crippen LogP contribution >= 0.6 is 0 Å². The third kappa shape index (κ3) is 64.8. The molecular weight excluding hydrogens is 973 g/mol. The summed E-state index contributed by atoms with van der Waals surface area (Å²) in [4.78, 5) is 38.3. The lowest BCUT2D eigenvalue weighted by molar-refractivity contribution is -0.167. The zero-order chi connectivity index (χ0) is 57.1. The summed E-state index contributed by atoms with van der Waals surface area (Å²) < 4.78 is 16.9. The predicted molar refractivity (Wildman–Crippen MR) is 343 cm³/mol. The van der Waals surface area contributed by atoms with Gasteiger partial charge in [0.25, 0.3) is 0 Å². The van der Waals surface area contributed by atoms with Crippen molar-refractivity contribution in [2.24, 2.45) is 0 Å². The van der Waals surface area contributed by atoms with Crippen LogP contribution in [0, 0.1) is 0 Å². The second-order valence-electron chi connectivity index (χ2n) is 22.0. The smallest absolute Gasteiger partial charge is 0.306 e. The third-order valence-electron chi connectivity index (χ3n) is 14.3. The van der Waals surface area contributed by atoms with Gasteiger partial charge >= 0.3 is 17.9 Å². The molecule has 0 N–H and O–H groups in total. The molecule has 0 saturated heterocycles. The summed E-state index contributed by atoms with van der Waals surface area (Å²) in [6.45, 7) is 6.52. The Bertz CT molecular complexity index is 1590. The van der Waals surface area contributed by atoms with E-state index in [1.165, 1.54) is 154 Å². The molecule has 0 rings (SSSR count). The molecule has 1 atom stereocenters. The molecule has 0 radical (unpaired) electrons. The van der Waals surface area contributed by atoms with Crippen molar-refractivity contribution in [3.05, 3.63) is 109 Å². The lowest BCUT2D eigenvalue weighted by Gasteiger charge is -2.18. The molecule has 0 aromatic carbocycles. The van der Waals surface area contributed by atoms with E-state index in [0.717, 1.165) is 122 Å². The van der Waals surface area contributed by atoms with Crippen LogP contribution in [0.25, 0.3) is 0 Å². The Kier molecular flexibility index (Phi) is 63.3. The molecule has 0 aliphatic heterocycles. The molecule has 6 nitrogen and oxygen atoms in total. The SMILES string of the molecule is CC/C=C\C/C=C\C/C=C\C/C=C\C/C=C\C/C=C\CCCCCCCCC(=O)OCC(COC(=O)CCCCCCCCCCCCC)OC(=O)CCCCCCCCCCCC/C=C\C/C=C\C/C=C\CCCCCCC. The van der Waals surface area contributed by atoms with Crippen molar-refractivity contribution in [2.45, 2.75) is 322 Å². The minimum atomic E-state index is -0.788. The predicted octanol–water partition coefficient (Wildman–Crippen LogP) is 23.0. The van der Waals surface area contributed by atoms with Crippen molar-refractivity contribution in [3.63, 3.8) is 0 Å². The van der Waals surface area contributed by atoms with Crippen LogP contribution in [0.2, 0.25) is 0 Å². The number of rotatable bonds is 60. The molecular formula is C73H124O6. The summed E-state index contributed by atoms with van der Waals surface area (Å²) in [5, 5.41) is 0. The number of allylic oxidation sites excluding steroid dienone is 18. The van der Waals surface area contributed by atoms with Gasteiger partial charge in [-0.05, 0) is 109 Å². The van der Waals surface area contributed by atoms with Gasteiger partial charge < -0.3 is 14.2 Å². The van der Waals surface area contributed by atoms with E-state index in [1.807, 2.05) is 0 Å². The zero-order valence-electron chi connectivity index (χ0n) is 51.9. The van der Waals surface area contributed by atoms with Crippen molar-refractivity contribution >= 4 is 17.9 Å². The van der Waals surface area contributed by atoms with Gasteiger partial charge in [-0.1, -0.05) is 297 Å². The number of carbonyl (C=O) groups is 3. The van der Waals surface area contributed by atoms with E-state index in [1.54, 1.807) is 0 Å². The minimum absolute atomic E-state index is 0.0829. The van der Waals surface area contributed by atoms with E-state index >= 15 is 0 Å². The van der Waals surface area contributed by atoms with Crippen LogP contribution in [0.3, 0.4) is 0 Å². The van der Waals surface area contributed by atoms with Crippen molar-refractivity contribution in [2.75, 3.05) is 13.2 Å². The van der Waals surface area contributed by atoms with Crippen LogP contribution in [-0.4, -0.2) is 37.2 Å². The lowest BCUT2D eigenvalue weighted by atomic mass is 10.0. The summed E-state index contributed by atoms with van der Waals surface area (Å²) in [6, 6.07) is 0. The van der Waals surface area contributed by atoms with Gasteiger partial charge in [0.05, 0.1) is 0 Å². The van der Waals surface area contributed by atoms with E-state index < -0.39 is 6.10 Å². The van der Waals surface area contributed by atoms with Gasteiger partial charge in [-0.25, -0.2) is 0 Å². The molecule has 0 spiro atoms. The molecule has 0 saturated carbocycles. The van der Waals surface area contributed by atoms with Crippen LogP contribution in [0.4, 0.5) is 0 Å². The Morgan fingerprint density at radius 2 is 0.494 bits per heavy atom. The topological polar surface area (TPSA) is 78.9 Å². The highest BCUT2D eigenvalue weighted by atomic mass is 16.6. The molecule has 1 unspecified atom stereocenters. The average molecular weight is 1100 g/mol. The van der Waals surface area contributed by atoms with Gasteiger partial charge in [0.2, 0.25) is 0 Å². The van der Waals surface area contributed by atoms with Crippen LogP contribution in [0.15, 0.2) is 109 Å². The van der Waals surface area contributed by atoms with E-state index in [2.05, 4.69) is 130 Å². The van der Waals surface area contributed by atoms with E-state index in [9.17, 15) is 14.4 Å². The molecule has 0 aromatic heterocycles. The summed E-state index contributed by atoms with van der Waals surface area (Å²) in [5.41, 5.74) is 0. The molecule has 0 fully saturated rings. The molecule has 0 aromatic rings. The molecule has 452 valence electrons. The molecule has 79 heavy (non-hydrogen) atoms. The summed E-state index contributed by atoms with van der Waals surface area (Å²) in [6.07, 6.45) is 91.0. The van der Waals surface area contributed by atoms with Crippen LogP contribution in [0.5, 0.6) is 0 Å². The van der Waals surface area contributed by atoms with Gasteiger partial charge in [-0.2, -0.15) is 0 Å². The fraction of sp³-hybridized carbons (Fsp3) is 0.712. The number of hydrogen-bond donors (Lipinski definition) is 0. The summed E-state index contributed by atoms with van der Waals surface area (Å²) >= 11 is 0. The largest absolute Gasteiger partial charge is 0.462 e. The number of carbonyl (C=O) groups excluding carboxylic acids is 3. The first-order chi connectivity index (χ1) is 39.0. The van der Waals surface area contributed by atoms with Gasteiger partial charge in [-0.3, -0.25) is 14.4 Å². The summed E-state index contributed by atoms with van der Waals surface area (Å²) in [5.74, 6) is -0.894. The Hall–Kier alpha value is -3.93. The fourth-order valence-electron chi connectivity index (χ4n) is 9.28. The Labute approximate surface area is 489 Å². The number of ether oxygens (including phenoxy) is 3. The van der Waals surface area contributed by atoms with Crippen LogP contribution < -0.4 is 0 Å². The van der Waals surface area contributed by atoms with E-state index in [0.29, 0.717) is 19.3 Å². The normalized spacial score (nSPS) is 12.8. The Balaban J connectivity index is 4.32. The second-order valence-corrected chi connectivity index (χ2v) is 22.0. The molecule has 0 bridgehead atoms. The Morgan fingerprint density at radius 3 is 0.772 bits per heavy atom. The van der Waals surface area contributed by atoms with Crippen molar-refractivity contribution in [1.29, 1.82) is 0 Å². The second kappa shape index (κ2) is 66.6. The van der Waals surface area contributed by atoms with Crippen molar-refractivity contribution < 1.29 is 28.6 Å². The molecule has 6 heteroatoms. The first kappa shape index (κ1) is 75.1. The Morgan fingerprint density at radius 1 is 0.266 bits per heavy atom. The fourth-order valence-corrected chi connectivity index (χ4v) is 9.28. The van der Waals surface area contributed by atoms with Crippen molar-refractivity contribution in [1.82, 2.24) is 0 Å². The summed E-state index contributed by atoms with van der Waals surface area (Å²) in [7, 11) is 0. The van der Waals surface area contributed by atoms with Gasteiger partial charge in [-0.15, -0.1) is 0 Å². The highest BCUT2D eigenvalue weighted by molar-refractivity contribution is 5.71. The van der Waals surface area contributed by atoms with Gasteiger partial charge in [0.1, 0.15) is 13.2 Å². The highest BCUT2D eigenvalue weighted by Gasteiger charge is 2.19. The first-order valence-corrected chi connectivity index (χ1v) is 33.4. The maximum absolute atomic E-state index is 12.9. The van der Waals surface area contributed by atoms with Gasteiger partial charge in [0.15, 0.2) is 6.10 Å². The molecule has 0 heterocycles. The van der Waals surface area contributed by atoms with Gasteiger partial charge in [0, 0.05) is 19.3 Å². The lowest BCUT2D eigenvalue weighted by Crippen LogP contribution is -2.30. The monoisotopic (exact) mass is 1100 g/mol. The first-order valence-electron chi connectivity index (χ1n) is 33.4. The average Bonchev–Trinajstić information content (AvgIpc) is 3.45. The minimum Gasteiger partial charge on any atom is -0.462 e. The number of hydrogen-bond acceptors (Lipinski definition) is 6. The van der Waals surface area contributed by atoms with Crippen LogP contribution in [0.1, 0.15) is 316 Å². The van der Waals surface area contributed by atoms with E-state index in [-0.39, 0.29) is 31.1 Å².